The van der Waals surface area contributed by atoms with E-state index in [0.717, 1.165) is 17.9 Å². The summed E-state index contributed by atoms with van der Waals surface area (Å²) < 4.78 is 10.5. The van der Waals surface area contributed by atoms with Gasteiger partial charge in [-0.25, -0.2) is 0 Å². The fourth-order valence-corrected chi connectivity index (χ4v) is 2.98. The molecule has 1 aliphatic rings. The highest BCUT2D eigenvalue weighted by Crippen LogP contribution is 2.23. The number of nitrogens with zero attached hydrogens (tertiary/aromatic N) is 2. The van der Waals surface area contributed by atoms with Gasteiger partial charge in [0, 0.05) is 24.7 Å². The second-order valence-electron chi connectivity index (χ2n) is 6.35. The Morgan fingerprint density at radius 3 is 3.12 bits per heavy atom. The normalized spacial score (nSPS) is 21.1. The SMILES string of the molecule is COc1cccc(-c2cc(CNC(=O)[C@@H]3CN(C)CC[C@H]3O)on2)c1. The minimum absolute atomic E-state index is 0.168. The van der Waals surface area contributed by atoms with Crippen LogP contribution in [0, 0.1) is 5.92 Å². The van der Waals surface area contributed by atoms with Gasteiger partial charge >= 0.3 is 0 Å². The maximum absolute atomic E-state index is 12.3. The molecule has 1 aliphatic heterocycles. The van der Waals surface area contributed by atoms with Gasteiger partial charge in [0.2, 0.25) is 5.91 Å². The van der Waals surface area contributed by atoms with Gasteiger partial charge in [-0.2, -0.15) is 0 Å². The molecule has 0 aliphatic carbocycles. The number of aliphatic hydroxyl groups excluding tert-OH is 1. The smallest absolute Gasteiger partial charge is 0.227 e. The molecule has 1 saturated heterocycles. The first-order valence-electron chi connectivity index (χ1n) is 8.31. The zero-order valence-electron chi connectivity index (χ0n) is 14.4. The monoisotopic (exact) mass is 345 g/mol. The molecule has 2 aromatic rings. The van der Waals surface area contributed by atoms with Crippen LogP contribution >= 0.6 is 0 Å². The largest absolute Gasteiger partial charge is 0.497 e. The molecular formula is C18H23N3O4. The van der Waals surface area contributed by atoms with Crippen LogP contribution in [-0.4, -0.2) is 54.4 Å². The molecule has 0 unspecified atom stereocenters. The minimum Gasteiger partial charge on any atom is -0.497 e. The summed E-state index contributed by atoms with van der Waals surface area (Å²) in [5, 5.41) is 16.9. The fraction of sp³-hybridized carbons (Fsp3) is 0.444. The van der Waals surface area contributed by atoms with Crippen molar-refractivity contribution in [2.24, 2.45) is 5.92 Å². The summed E-state index contributed by atoms with van der Waals surface area (Å²) >= 11 is 0. The zero-order valence-corrected chi connectivity index (χ0v) is 14.4. The van der Waals surface area contributed by atoms with Crippen molar-refractivity contribution < 1.29 is 19.2 Å². The van der Waals surface area contributed by atoms with Gasteiger partial charge in [-0.3, -0.25) is 4.79 Å². The standard InChI is InChI=1S/C18H23N3O4/c1-21-7-6-17(22)15(11-21)18(23)19-10-14-9-16(20-25-14)12-4-3-5-13(8-12)24-2/h3-5,8-9,15,17,22H,6-7,10-11H2,1-2H3,(H,19,23)/t15-,17-/m1/s1. The number of benzene rings is 1. The maximum atomic E-state index is 12.3. The first-order valence-corrected chi connectivity index (χ1v) is 8.31. The minimum atomic E-state index is -0.599. The summed E-state index contributed by atoms with van der Waals surface area (Å²) in [5.74, 6) is 0.716. The van der Waals surface area contributed by atoms with Gasteiger partial charge < -0.3 is 24.6 Å². The van der Waals surface area contributed by atoms with E-state index in [2.05, 4.69) is 10.5 Å². The van der Waals surface area contributed by atoms with Crippen molar-refractivity contribution in [3.63, 3.8) is 0 Å². The lowest BCUT2D eigenvalue weighted by molar-refractivity contribution is -0.131. The molecule has 2 N–H and O–H groups in total. The Morgan fingerprint density at radius 2 is 2.32 bits per heavy atom. The first-order chi connectivity index (χ1) is 12.1. The van der Waals surface area contributed by atoms with Crippen molar-refractivity contribution in [3.05, 3.63) is 36.1 Å². The van der Waals surface area contributed by atoms with Gasteiger partial charge in [-0.1, -0.05) is 17.3 Å². The van der Waals surface area contributed by atoms with Crippen molar-refractivity contribution in [2.45, 2.75) is 19.1 Å². The molecule has 2 heterocycles. The number of hydrogen-bond donors (Lipinski definition) is 2. The van der Waals surface area contributed by atoms with E-state index in [-0.39, 0.29) is 12.5 Å². The van der Waals surface area contributed by atoms with Gasteiger partial charge in [-0.15, -0.1) is 0 Å². The zero-order chi connectivity index (χ0) is 17.8. The van der Waals surface area contributed by atoms with E-state index in [1.165, 1.54) is 0 Å². The fourth-order valence-electron chi connectivity index (χ4n) is 2.98. The average molecular weight is 345 g/mol. The lowest BCUT2D eigenvalue weighted by atomic mass is 9.94. The molecule has 3 rings (SSSR count). The molecule has 134 valence electrons. The van der Waals surface area contributed by atoms with E-state index >= 15 is 0 Å². The second-order valence-corrected chi connectivity index (χ2v) is 6.35. The topological polar surface area (TPSA) is 87.8 Å². The van der Waals surface area contributed by atoms with Gasteiger partial charge in [-0.05, 0) is 25.6 Å². The number of carbonyl (C=O) groups excluding carboxylic acids is 1. The van der Waals surface area contributed by atoms with Crippen LogP contribution in [0.25, 0.3) is 11.3 Å². The van der Waals surface area contributed by atoms with Crippen LogP contribution in [0.3, 0.4) is 0 Å². The molecule has 0 radical (unpaired) electrons. The van der Waals surface area contributed by atoms with Gasteiger partial charge in [0.05, 0.1) is 25.7 Å². The van der Waals surface area contributed by atoms with Crippen molar-refractivity contribution in [3.8, 4) is 17.0 Å². The van der Waals surface area contributed by atoms with E-state index in [1.807, 2.05) is 36.2 Å². The Hall–Kier alpha value is -2.38. The Morgan fingerprint density at radius 1 is 1.48 bits per heavy atom. The molecule has 0 saturated carbocycles. The predicted molar refractivity (Wildman–Crippen MR) is 91.9 cm³/mol. The number of hydrogen-bond acceptors (Lipinski definition) is 6. The van der Waals surface area contributed by atoms with Crippen LogP contribution in [0.2, 0.25) is 0 Å². The lowest BCUT2D eigenvalue weighted by Gasteiger charge is -2.32. The number of rotatable bonds is 5. The Balaban J connectivity index is 1.60. The van der Waals surface area contributed by atoms with Crippen LogP contribution in [0.1, 0.15) is 12.2 Å². The molecule has 1 aromatic heterocycles. The molecule has 7 nitrogen and oxygen atoms in total. The van der Waals surface area contributed by atoms with Crippen molar-refractivity contribution >= 4 is 5.91 Å². The van der Waals surface area contributed by atoms with Crippen LogP contribution in [0.15, 0.2) is 34.9 Å². The van der Waals surface area contributed by atoms with Gasteiger partial charge in [0.25, 0.3) is 0 Å². The molecule has 0 bridgehead atoms. The van der Waals surface area contributed by atoms with Crippen LogP contribution in [-0.2, 0) is 11.3 Å². The molecule has 2 atom stereocenters. The van der Waals surface area contributed by atoms with E-state index in [4.69, 9.17) is 9.26 Å². The molecule has 25 heavy (non-hydrogen) atoms. The van der Waals surface area contributed by atoms with Crippen LogP contribution in [0.4, 0.5) is 0 Å². The maximum Gasteiger partial charge on any atom is 0.227 e. The summed E-state index contributed by atoms with van der Waals surface area (Å²) in [4.78, 5) is 14.4. The quantitative estimate of drug-likeness (QED) is 0.849. The molecule has 1 fully saturated rings. The average Bonchev–Trinajstić information content (AvgIpc) is 3.11. The molecule has 7 heteroatoms. The molecule has 1 amide bonds. The highest BCUT2D eigenvalue weighted by atomic mass is 16.5. The van der Waals surface area contributed by atoms with Crippen LogP contribution in [0.5, 0.6) is 5.75 Å². The van der Waals surface area contributed by atoms with E-state index in [9.17, 15) is 9.90 Å². The Bertz CT molecular complexity index is 731. The molecule has 0 spiro atoms. The third-order valence-electron chi connectivity index (χ3n) is 4.48. The highest BCUT2D eigenvalue weighted by molar-refractivity contribution is 5.79. The number of aromatic nitrogens is 1. The number of amides is 1. The number of piperidine rings is 1. The van der Waals surface area contributed by atoms with Gasteiger partial charge in [0.15, 0.2) is 5.76 Å². The van der Waals surface area contributed by atoms with Gasteiger partial charge in [0.1, 0.15) is 11.4 Å². The Kier molecular flexibility index (Phi) is 5.35. The first kappa shape index (κ1) is 17.4. The number of likely N-dealkylation sites (tertiary alicyclic amines) is 1. The number of ether oxygens (including phenoxy) is 1. The third kappa shape index (κ3) is 4.18. The third-order valence-corrected chi connectivity index (χ3v) is 4.48. The second kappa shape index (κ2) is 7.67. The highest BCUT2D eigenvalue weighted by Gasteiger charge is 2.31. The number of aliphatic hydroxyl groups is 1. The van der Waals surface area contributed by atoms with Crippen molar-refractivity contribution in [2.75, 3.05) is 27.2 Å². The number of methoxy groups -OCH3 is 1. The van der Waals surface area contributed by atoms with E-state index < -0.39 is 12.0 Å². The van der Waals surface area contributed by atoms with Crippen LogP contribution < -0.4 is 10.1 Å². The summed E-state index contributed by atoms with van der Waals surface area (Å²) in [5.41, 5.74) is 1.56. The number of carbonyl (C=O) groups is 1. The summed E-state index contributed by atoms with van der Waals surface area (Å²) in [6.45, 7) is 1.60. The predicted octanol–water partition coefficient (Wildman–Crippen LogP) is 1.28. The molecular weight excluding hydrogens is 322 g/mol. The summed E-state index contributed by atoms with van der Waals surface area (Å²) in [6.07, 6.45) is 0.00919. The van der Waals surface area contributed by atoms with E-state index in [1.54, 1.807) is 13.2 Å². The lowest BCUT2D eigenvalue weighted by Crippen LogP contribution is -2.48. The van der Waals surface area contributed by atoms with E-state index in [0.29, 0.717) is 24.4 Å². The summed E-state index contributed by atoms with van der Waals surface area (Å²) in [6, 6.07) is 9.31. The molecule has 1 aromatic carbocycles. The van der Waals surface area contributed by atoms with Crippen molar-refractivity contribution in [1.82, 2.24) is 15.4 Å². The Labute approximate surface area is 146 Å². The summed E-state index contributed by atoms with van der Waals surface area (Å²) in [7, 11) is 3.56. The number of nitrogens with one attached hydrogen (secondary N) is 1. The van der Waals surface area contributed by atoms with Crippen molar-refractivity contribution in [1.29, 1.82) is 0 Å².